The van der Waals surface area contributed by atoms with Gasteiger partial charge in [-0.25, -0.2) is 0 Å². The molecular formula is C8H10NO2. The Morgan fingerprint density at radius 2 is 2.18 bits per heavy atom. The highest BCUT2D eigenvalue weighted by molar-refractivity contribution is 5.40. The largest absolute Gasteiger partial charge is 0.504 e. The summed E-state index contributed by atoms with van der Waals surface area (Å²) in [5.41, 5.74) is 6.18. The first kappa shape index (κ1) is 7.88. The molecular weight excluding hydrogens is 142 g/mol. The van der Waals surface area contributed by atoms with Crippen LogP contribution in [-0.4, -0.2) is 11.7 Å². The molecule has 0 saturated carbocycles. The van der Waals surface area contributed by atoms with Gasteiger partial charge in [0.25, 0.3) is 0 Å². The van der Waals surface area contributed by atoms with Crippen molar-refractivity contribution in [1.82, 2.24) is 0 Å². The predicted octanol–water partition coefficient (Wildman–Crippen LogP) is 1.04. The van der Waals surface area contributed by atoms with Crippen LogP contribution in [0.2, 0.25) is 0 Å². The van der Waals surface area contributed by atoms with E-state index in [0.29, 0.717) is 13.0 Å². The Kier molecular flexibility index (Phi) is 2.33. The molecule has 3 nitrogen and oxygen atoms in total. The van der Waals surface area contributed by atoms with Crippen LogP contribution >= 0.6 is 0 Å². The Morgan fingerprint density at radius 1 is 1.45 bits per heavy atom. The van der Waals surface area contributed by atoms with Crippen molar-refractivity contribution >= 4 is 0 Å². The molecule has 0 unspecified atom stereocenters. The molecule has 0 spiro atoms. The van der Waals surface area contributed by atoms with Gasteiger partial charge in [-0.2, -0.15) is 0 Å². The molecule has 1 aromatic rings. The van der Waals surface area contributed by atoms with Crippen molar-refractivity contribution in [2.45, 2.75) is 6.42 Å². The summed E-state index contributed by atoms with van der Waals surface area (Å²) in [6.45, 7) is 0.525. The lowest BCUT2D eigenvalue weighted by Gasteiger charge is -1.98. The molecule has 3 heteroatoms. The number of phenolic OH excluding ortho intramolecular Hbond substituents is 1. The molecule has 0 aliphatic rings. The molecule has 1 radical (unpaired) electrons. The van der Waals surface area contributed by atoms with Crippen LogP contribution in [0.15, 0.2) is 18.2 Å². The molecule has 0 amide bonds. The fourth-order valence-electron chi connectivity index (χ4n) is 0.885. The van der Waals surface area contributed by atoms with Crippen LogP contribution < -0.4 is 5.73 Å². The van der Waals surface area contributed by atoms with Crippen molar-refractivity contribution in [2.24, 2.45) is 5.73 Å². The van der Waals surface area contributed by atoms with Gasteiger partial charge < -0.3 is 10.8 Å². The molecule has 1 rings (SSSR count). The van der Waals surface area contributed by atoms with Crippen molar-refractivity contribution in [3.05, 3.63) is 23.8 Å². The summed E-state index contributed by atoms with van der Waals surface area (Å²) in [6.07, 6.45) is 0.688. The summed E-state index contributed by atoms with van der Waals surface area (Å²) in [6, 6.07) is 4.48. The van der Waals surface area contributed by atoms with Crippen molar-refractivity contribution in [3.63, 3.8) is 0 Å². The summed E-state index contributed by atoms with van der Waals surface area (Å²) in [7, 11) is 0. The quantitative estimate of drug-likeness (QED) is 0.664. The van der Waals surface area contributed by atoms with Gasteiger partial charge in [-0.05, 0) is 30.7 Å². The van der Waals surface area contributed by atoms with Gasteiger partial charge in [0.05, 0.1) is 0 Å². The number of nitrogens with two attached hydrogens (primary N) is 1. The van der Waals surface area contributed by atoms with E-state index in [0.717, 1.165) is 5.56 Å². The smallest absolute Gasteiger partial charge is 0.220 e. The van der Waals surface area contributed by atoms with Gasteiger partial charge in [-0.15, -0.1) is 0 Å². The highest BCUT2D eigenvalue weighted by Gasteiger charge is 2.00. The van der Waals surface area contributed by atoms with Crippen LogP contribution in [0.3, 0.4) is 0 Å². The molecule has 0 bridgehead atoms. The molecule has 0 aromatic heterocycles. The summed E-state index contributed by atoms with van der Waals surface area (Å²) < 4.78 is 0. The lowest BCUT2D eigenvalue weighted by Crippen LogP contribution is -2.02. The van der Waals surface area contributed by atoms with Gasteiger partial charge in [0.15, 0.2) is 5.75 Å². The van der Waals surface area contributed by atoms with E-state index >= 15 is 0 Å². The van der Waals surface area contributed by atoms with Crippen LogP contribution in [-0.2, 0) is 11.5 Å². The SMILES string of the molecule is NCCc1ccc([O])c(O)c1. The Hall–Kier alpha value is -1.22. The third-order valence-corrected chi connectivity index (χ3v) is 1.46. The van der Waals surface area contributed by atoms with Gasteiger partial charge in [-0.1, -0.05) is 6.07 Å². The van der Waals surface area contributed by atoms with Crippen molar-refractivity contribution < 1.29 is 10.2 Å². The molecule has 0 aliphatic carbocycles. The zero-order chi connectivity index (χ0) is 8.27. The van der Waals surface area contributed by atoms with Crippen molar-refractivity contribution in [3.8, 4) is 11.5 Å². The van der Waals surface area contributed by atoms with E-state index in [9.17, 15) is 5.11 Å². The van der Waals surface area contributed by atoms with Gasteiger partial charge in [0.1, 0.15) is 0 Å². The first-order valence-electron chi connectivity index (χ1n) is 3.43. The highest BCUT2D eigenvalue weighted by Crippen LogP contribution is 2.25. The second-order valence-corrected chi connectivity index (χ2v) is 2.34. The third-order valence-electron chi connectivity index (χ3n) is 1.46. The first-order chi connectivity index (χ1) is 5.24. The normalized spacial score (nSPS) is 9.91. The second kappa shape index (κ2) is 3.25. The molecule has 0 aliphatic heterocycles. The first-order valence-corrected chi connectivity index (χ1v) is 3.43. The molecule has 59 valence electrons. The topological polar surface area (TPSA) is 66.2 Å². The number of aromatic hydroxyl groups is 1. The fraction of sp³-hybridized carbons (Fsp3) is 0.250. The van der Waals surface area contributed by atoms with E-state index in [-0.39, 0.29) is 11.5 Å². The summed E-state index contributed by atoms with van der Waals surface area (Å²) in [5, 5.41) is 19.7. The van der Waals surface area contributed by atoms with Gasteiger partial charge >= 0.3 is 0 Å². The van der Waals surface area contributed by atoms with Crippen LogP contribution in [0, 0.1) is 0 Å². The van der Waals surface area contributed by atoms with Crippen LogP contribution in [0.5, 0.6) is 11.5 Å². The lowest BCUT2D eigenvalue weighted by molar-refractivity contribution is 0.324. The minimum absolute atomic E-state index is 0.198. The number of hydrogen-bond acceptors (Lipinski definition) is 2. The van der Waals surface area contributed by atoms with Crippen molar-refractivity contribution in [2.75, 3.05) is 6.54 Å². The van der Waals surface area contributed by atoms with Crippen molar-refractivity contribution in [1.29, 1.82) is 0 Å². The average molecular weight is 152 g/mol. The molecule has 0 heterocycles. The van der Waals surface area contributed by atoms with E-state index < -0.39 is 0 Å². The molecule has 0 fully saturated rings. The second-order valence-electron chi connectivity index (χ2n) is 2.34. The van der Waals surface area contributed by atoms with E-state index in [1.165, 1.54) is 12.1 Å². The maximum atomic E-state index is 10.7. The zero-order valence-electron chi connectivity index (χ0n) is 6.08. The minimum Gasteiger partial charge on any atom is -0.504 e. The number of benzene rings is 1. The summed E-state index contributed by atoms with van der Waals surface area (Å²) >= 11 is 0. The summed E-state index contributed by atoms with van der Waals surface area (Å²) in [4.78, 5) is 0. The average Bonchev–Trinajstić information content (AvgIpc) is 1.98. The molecule has 0 atom stereocenters. The summed E-state index contributed by atoms with van der Waals surface area (Å²) in [5.74, 6) is -0.540. The predicted molar refractivity (Wildman–Crippen MR) is 41.0 cm³/mol. The highest BCUT2D eigenvalue weighted by atomic mass is 16.3. The zero-order valence-corrected chi connectivity index (χ0v) is 6.08. The molecule has 1 aromatic carbocycles. The maximum absolute atomic E-state index is 10.7. The Labute approximate surface area is 65.1 Å². The monoisotopic (exact) mass is 152 g/mol. The Balaban J connectivity index is 2.86. The van der Waals surface area contributed by atoms with Gasteiger partial charge in [-0.3, -0.25) is 5.11 Å². The van der Waals surface area contributed by atoms with Crippen LogP contribution in [0.4, 0.5) is 0 Å². The lowest BCUT2D eigenvalue weighted by atomic mass is 10.1. The maximum Gasteiger partial charge on any atom is 0.220 e. The number of rotatable bonds is 2. The van der Waals surface area contributed by atoms with Crippen LogP contribution in [0.25, 0.3) is 0 Å². The van der Waals surface area contributed by atoms with E-state index in [4.69, 9.17) is 10.8 Å². The van der Waals surface area contributed by atoms with E-state index in [1.807, 2.05) is 0 Å². The fourth-order valence-corrected chi connectivity index (χ4v) is 0.885. The Bertz CT molecular complexity index is 248. The van der Waals surface area contributed by atoms with Gasteiger partial charge in [0, 0.05) is 0 Å². The Morgan fingerprint density at radius 3 is 2.73 bits per heavy atom. The number of phenols is 1. The molecule has 0 saturated heterocycles. The standard InChI is InChI=1S/C8H10NO2/c9-4-3-6-1-2-7(10)8(11)5-6/h1-2,5,11H,3-4,9H2. The van der Waals surface area contributed by atoms with Gasteiger partial charge in [0.2, 0.25) is 5.75 Å². The number of hydrogen-bond donors (Lipinski definition) is 2. The molecule has 11 heavy (non-hydrogen) atoms. The van der Waals surface area contributed by atoms with E-state index in [2.05, 4.69) is 0 Å². The minimum atomic E-state index is -0.342. The van der Waals surface area contributed by atoms with Crippen LogP contribution in [0.1, 0.15) is 5.56 Å². The molecule has 3 N–H and O–H groups in total. The third kappa shape index (κ3) is 1.85. The van der Waals surface area contributed by atoms with E-state index in [1.54, 1.807) is 6.07 Å².